The van der Waals surface area contributed by atoms with Crippen molar-refractivity contribution >= 4 is 15.8 Å². The van der Waals surface area contributed by atoms with E-state index in [1.165, 1.54) is 24.3 Å². The average molecular weight is 251 g/mol. The second-order valence-corrected chi connectivity index (χ2v) is 4.23. The van der Waals surface area contributed by atoms with Gasteiger partial charge in [0, 0.05) is 5.92 Å². The predicted octanol–water partition coefficient (Wildman–Crippen LogP) is 1.26. The molecule has 1 rings (SSSR count). The van der Waals surface area contributed by atoms with Gasteiger partial charge in [-0.05, 0) is 37.1 Å². The lowest BCUT2D eigenvalue weighted by Gasteiger charge is -2.02. The summed E-state index contributed by atoms with van der Waals surface area (Å²) in [6.07, 6.45) is 2.28. The summed E-state index contributed by atoms with van der Waals surface area (Å²) >= 11 is 0. The van der Waals surface area contributed by atoms with Crippen molar-refractivity contribution < 1.29 is 17.8 Å². The summed E-state index contributed by atoms with van der Waals surface area (Å²) in [5.74, 6) is 7.45. The number of anilines is 1. The Hall–Kier alpha value is -2.15. The normalized spacial score (nSPS) is 9.29. The molecule has 0 aromatic heterocycles. The molecule has 0 radical (unpaired) electrons. The highest BCUT2D eigenvalue weighted by Gasteiger charge is 2.07. The van der Waals surface area contributed by atoms with Crippen LogP contribution < -0.4 is 5.48 Å². The van der Waals surface area contributed by atoms with Crippen molar-refractivity contribution in [2.75, 3.05) is 5.48 Å². The van der Waals surface area contributed by atoms with Crippen LogP contribution in [0.25, 0.3) is 0 Å². The van der Waals surface area contributed by atoms with Crippen molar-refractivity contribution in [1.29, 1.82) is 0 Å². The van der Waals surface area contributed by atoms with Crippen molar-refractivity contribution in [3.05, 3.63) is 24.3 Å². The average Bonchev–Trinajstić information content (AvgIpc) is 2.28. The Morgan fingerprint density at radius 1 is 1.24 bits per heavy atom. The quantitative estimate of drug-likeness (QED) is 0.480. The van der Waals surface area contributed by atoms with E-state index >= 15 is 0 Å². The van der Waals surface area contributed by atoms with E-state index in [0.717, 1.165) is 0 Å². The van der Waals surface area contributed by atoms with Gasteiger partial charge < -0.3 is 4.84 Å². The van der Waals surface area contributed by atoms with E-state index in [2.05, 4.69) is 29.3 Å². The molecular weight excluding hydrogens is 242 g/mol. The summed E-state index contributed by atoms with van der Waals surface area (Å²) in [5.41, 5.74) is 2.96. The van der Waals surface area contributed by atoms with Gasteiger partial charge in [0.05, 0.1) is 10.6 Å². The van der Waals surface area contributed by atoms with Gasteiger partial charge in [0.15, 0.2) is 6.11 Å². The molecule has 0 heterocycles. The van der Waals surface area contributed by atoms with Gasteiger partial charge in [-0.3, -0.25) is 4.55 Å². The SMILES string of the molecule is CC#CC#CONc1ccc(S(=O)(=O)O)cc1. The molecule has 0 spiro atoms. The number of rotatable bonds is 3. The van der Waals surface area contributed by atoms with Crippen molar-refractivity contribution in [2.24, 2.45) is 0 Å². The van der Waals surface area contributed by atoms with E-state index in [0.29, 0.717) is 5.69 Å². The largest absolute Gasteiger partial charge is 0.328 e. The molecule has 0 saturated heterocycles. The Morgan fingerprint density at radius 2 is 1.88 bits per heavy atom. The first-order valence-corrected chi connectivity index (χ1v) is 5.89. The van der Waals surface area contributed by atoms with E-state index in [9.17, 15) is 8.42 Å². The Kier molecular flexibility index (Phi) is 4.41. The zero-order valence-corrected chi connectivity index (χ0v) is 9.71. The summed E-state index contributed by atoms with van der Waals surface area (Å²) in [6.45, 7) is 1.65. The summed E-state index contributed by atoms with van der Waals surface area (Å²) < 4.78 is 30.2. The van der Waals surface area contributed by atoms with Gasteiger partial charge in [0.2, 0.25) is 0 Å². The van der Waals surface area contributed by atoms with Crippen LogP contribution >= 0.6 is 0 Å². The zero-order chi connectivity index (χ0) is 12.7. The Bertz CT molecular complexity index is 597. The molecule has 0 atom stereocenters. The molecule has 1 aromatic rings. The van der Waals surface area contributed by atoms with Crippen LogP contribution in [0.15, 0.2) is 29.2 Å². The minimum Gasteiger partial charge on any atom is -0.328 e. The summed E-state index contributed by atoms with van der Waals surface area (Å²) in [4.78, 5) is 4.53. The molecule has 0 unspecified atom stereocenters. The minimum absolute atomic E-state index is 0.189. The predicted molar refractivity (Wildman–Crippen MR) is 62.2 cm³/mol. The van der Waals surface area contributed by atoms with E-state index in [1.807, 2.05) is 0 Å². The highest BCUT2D eigenvalue weighted by atomic mass is 32.2. The van der Waals surface area contributed by atoms with Crippen molar-refractivity contribution in [1.82, 2.24) is 0 Å². The number of benzene rings is 1. The molecule has 0 aliphatic rings. The van der Waals surface area contributed by atoms with Crippen LogP contribution in [0.5, 0.6) is 0 Å². The van der Waals surface area contributed by atoms with E-state index in [-0.39, 0.29) is 4.90 Å². The maximum Gasteiger partial charge on any atom is 0.294 e. The standard InChI is InChI=1S/C11H9NO4S/c1-2-3-4-9-16-12-10-5-7-11(8-6-10)17(13,14)15/h5-8,12H,1H3,(H,13,14,15). The smallest absolute Gasteiger partial charge is 0.294 e. The van der Waals surface area contributed by atoms with Crippen molar-refractivity contribution in [2.45, 2.75) is 11.8 Å². The van der Waals surface area contributed by atoms with Crippen LogP contribution in [0, 0.1) is 23.9 Å². The third-order valence-corrected chi connectivity index (χ3v) is 2.48. The molecule has 0 aliphatic heterocycles. The molecule has 17 heavy (non-hydrogen) atoms. The van der Waals surface area contributed by atoms with Crippen LogP contribution in [0.3, 0.4) is 0 Å². The molecule has 0 amide bonds. The van der Waals surface area contributed by atoms with Gasteiger partial charge in [-0.2, -0.15) is 8.42 Å². The van der Waals surface area contributed by atoms with Gasteiger partial charge in [-0.25, -0.2) is 5.48 Å². The molecule has 88 valence electrons. The third kappa shape index (κ3) is 4.47. The molecular formula is C11H9NO4S. The van der Waals surface area contributed by atoms with Gasteiger partial charge in [-0.15, -0.1) is 0 Å². The maximum absolute atomic E-state index is 10.7. The fourth-order valence-electron chi connectivity index (χ4n) is 0.893. The second kappa shape index (κ2) is 5.80. The van der Waals surface area contributed by atoms with E-state index in [4.69, 9.17) is 9.39 Å². The van der Waals surface area contributed by atoms with Crippen LogP contribution in [-0.2, 0) is 15.0 Å². The zero-order valence-electron chi connectivity index (χ0n) is 8.89. The van der Waals surface area contributed by atoms with Gasteiger partial charge in [0.25, 0.3) is 10.1 Å². The first-order chi connectivity index (χ1) is 8.04. The molecule has 2 N–H and O–H groups in total. The number of hydrogen-bond acceptors (Lipinski definition) is 4. The fourth-order valence-corrected chi connectivity index (χ4v) is 1.37. The van der Waals surface area contributed by atoms with Crippen molar-refractivity contribution in [3.8, 4) is 23.9 Å². The highest BCUT2D eigenvalue weighted by molar-refractivity contribution is 7.85. The molecule has 6 heteroatoms. The molecule has 5 nitrogen and oxygen atoms in total. The van der Waals surface area contributed by atoms with E-state index < -0.39 is 10.1 Å². The lowest BCUT2D eigenvalue weighted by molar-refractivity contribution is 0.363. The highest BCUT2D eigenvalue weighted by Crippen LogP contribution is 2.13. The lowest BCUT2D eigenvalue weighted by Crippen LogP contribution is -1.99. The molecule has 0 saturated carbocycles. The van der Waals surface area contributed by atoms with Crippen LogP contribution in [0.1, 0.15) is 6.92 Å². The Morgan fingerprint density at radius 3 is 2.41 bits per heavy atom. The van der Waals surface area contributed by atoms with E-state index in [1.54, 1.807) is 6.92 Å². The molecule has 0 fully saturated rings. The maximum atomic E-state index is 10.7. The monoisotopic (exact) mass is 251 g/mol. The number of nitrogens with one attached hydrogen (secondary N) is 1. The Labute approximate surface area is 99.5 Å². The van der Waals surface area contributed by atoms with Crippen LogP contribution in [0.4, 0.5) is 5.69 Å². The Balaban J connectivity index is 2.64. The van der Waals surface area contributed by atoms with Gasteiger partial charge in [-0.1, -0.05) is 5.92 Å². The summed E-state index contributed by atoms with van der Waals surface area (Å²) in [6, 6.07) is 5.33. The van der Waals surface area contributed by atoms with Crippen LogP contribution in [-0.4, -0.2) is 13.0 Å². The lowest BCUT2D eigenvalue weighted by atomic mass is 10.3. The molecule has 1 aromatic carbocycles. The van der Waals surface area contributed by atoms with Gasteiger partial charge in [0.1, 0.15) is 0 Å². The second-order valence-electron chi connectivity index (χ2n) is 2.81. The summed E-state index contributed by atoms with van der Waals surface area (Å²) in [5, 5.41) is 0. The van der Waals surface area contributed by atoms with Gasteiger partial charge >= 0.3 is 0 Å². The number of hydrogen-bond donors (Lipinski definition) is 2. The minimum atomic E-state index is -4.17. The first kappa shape index (κ1) is 12.9. The molecule has 0 bridgehead atoms. The topological polar surface area (TPSA) is 75.6 Å². The fraction of sp³-hybridized carbons (Fsp3) is 0.0909. The third-order valence-electron chi connectivity index (χ3n) is 1.61. The van der Waals surface area contributed by atoms with Crippen LogP contribution in [0.2, 0.25) is 0 Å². The molecule has 0 aliphatic carbocycles. The van der Waals surface area contributed by atoms with Crippen molar-refractivity contribution in [3.63, 3.8) is 0 Å². The first-order valence-electron chi connectivity index (χ1n) is 4.45. The summed E-state index contributed by atoms with van der Waals surface area (Å²) in [7, 11) is -4.17.